The van der Waals surface area contributed by atoms with E-state index in [1.807, 2.05) is 59.2 Å². The Balaban J connectivity index is 1.31. The maximum atomic E-state index is 13.1. The number of methoxy groups -OCH3 is 1. The summed E-state index contributed by atoms with van der Waals surface area (Å²) in [4.78, 5) is 31.9. The van der Waals surface area contributed by atoms with Crippen molar-refractivity contribution in [3.05, 3.63) is 90.3 Å². The monoisotopic (exact) mass is 484 g/mol. The Labute approximate surface area is 211 Å². The molecule has 0 aliphatic carbocycles. The molecule has 0 saturated heterocycles. The number of anilines is 1. The summed E-state index contributed by atoms with van der Waals surface area (Å²) in [7, 11) is 3.40. The van der Waals surface area contributed by atoms with Gasteiger partial charge >= 0.3 is 0 Å². The van der Waals surface area contributed by atoms with Crippen molar-refractivity contribution in [2.45, 2.75) is 32.2 Å². The predicted molar refractivity (Wildman–Crippen MR) is 142 cm³/mol. The minimum atomic E-state index is -0.0829. The molecule has 7 nitrogen and oxygen atoms in total. The SMILES string of the molecule is COc1ccc(C(=O)NCCCCCc2nc3ccccc3n2CC(=O)N(C)c2ccccc2)cc1. The Kier molecular flexibility index (Phi) is 8.34. The molecule has 0 spiro atoms. The van der Waals surface area contributed by atoms with Crippen LogP contribution in [0.15, 0.2) is 78.9 Å². The lowest BCUT2D eigenvalue weighted by atomic mass is 10.1. The summed E-state index contributed by atoms with van der Waals surface area (Å²) in [6.07, 6.45) is 3.51. The van der Waals surface area contributed by atoms with Gasteiger partial charge < -0.3 is 19.5 Å². The quantitative estimate of drug-likeness (QED) is 0.309. The van der Waals surface area contributed by atoms with Gasteiger partial charge in [0.1, 0.15) is 18.1 Å². The smallest absolute Gasteiger partial charge is 0.251 e. The number of fused-ring (bicyclic) bond motifs is 1. The molecule has 1 aromatic heterocycles. The molecule has 0 fully saturated rings. The van der Waals surface area contributed by atoms with Crippen molar-refractivity contribution < 1.29 is 14.3 Å². The average molecular weight is 485 g/mol. The van der Waals surface area contributed by atoms with Gasteiger partial charge in [0.2, 0.25) is 5.91 Å². The number of nitrogens with one attached hydrogen (secondary N) is 1. The van der Waals surface area contributed by atoms with E-state index in [4.69, 9.17) is 9.72 Å². The van der Waals surface area contributed by atoms with Gasteiger partial charge in [0, 0.05) is 31.3 Å². The third kappa shape index (κ3) is 6.10. The van der Waals surface area contributed by atoms with Crippen LogP contribution in [0.1, 0.15) is 35.4 Å². The summed E-state index contributed by atoms with van der Waals surface area (Å²) >= 11 is 0. The normalized spacial score (nSPS) is 10.8. The highest BCUT2D eigenvalue weighted by Crippen LogP contribution is 2.19. The van der Waals surface area contributed by atoms with Crippen LogP contribution in [0, 0.1) is 0 Å². The van der Waals surface area contributed by atoms with E-state index in [1.54, 1.807) is 43.3 Å². The molecular weight excluding hydrogens is 452 g/mol. The number of hydrogen-bond donors (Lipinski definition) is 1. The van der Waals surface area contributed by atoms with Crippen LogP contribution in [0.25, 0.3) is 11.0 Å². The molecule has 1 N–H and O–H groups in total. The van der Waals surface area contributed by atoms with Crippen LogP contribution < -0.4 is 15.0 Å². The number of benzene rings is 3. The van der Waals surface area contributed by atoms with Crippen LogP contribution in [-0.4, -0.2) is 42.1 Å². The Morgan fingerprint density at radius 2 is 1.64 bits per heavy atom. The van der Waals surface area contributed by atoms with E-state index in [1.165, 1.54) is 0 Å². The molecule has 36 heavy (non-hydrogen) atoms. The number of para-hydroxylation sites is 3. The van der Waals surface area contributed by atoms with Crippen LogP contribution in [0.5, 0.6) is 5.75 Å². The molecule has 0 bridgehead atoms. The number of imidazole rings is 1. The summed E-state index contributed by atoms with van der Waals surface area (Å²) in [5, 5.41) is 2.97. The fourth-order valence-corrected chi connectivity index (χ4v) is 4.16. The molecule has 186 valence electrons. The second-order valence-corrected chi connectivity index (χ2v) is 8.69. The molecule has 0 radical (unpaired) electrons. The Bertz CT molecular complexity index is 1300. The minimum Gasteiger partial charge on any atom is -0.497 e. The molecule has 0 atom stereocenters. The molecule has 4 rings (SSSR count). The minimum absolute atomic E-state index is 0.00634. The lowest BCUT2D eigenvalue weighted by Crippen LogP contribution is -2.30. The number of carbonyl (C=O) groups excluding carboxylic acids is 2. The van der Waals surface area contributed by atoms with Gasteiger partial charge in [-0.3, -0.25) is 9.59 Å². The fourth-order valence-electron chi connectivity index (χ4n) is 4.16. The van der Waals surface area contributed by atoms with Crippen LogP contribution in [-0.2, 0) is 17.8 Å². The third-order valence-corrected chi connectivity index (χ3v) is 6.26. The first-order valence-electron chi connectivity index (χ1n) is 12.2. The molecule has 2 amide bonds. The topological polar surface area (TPSA) is 76.5 Å². The van der Waals surface area contributed by atoms with Gasteiger partial charge in [-0.15, -0.1) is 0 Å². The van der Waals surface area contributed by atoms with E-state index in [2.05, 4.69) is 5.32 Å². The van der Waals surface area contributed by atoms with Crippen molar-refractivity contribution in [2.24, 2.45) is 0 Å². The average Bonchev–Trinajstić information content (AvgIpc) is 3.27. The number of hydrogen-bond acceptors (Lipinski definition) is 4. The van der Waals surface area contributed by atoms with Gasteiger partial charge in [-0.1, -0.05) is 36.8 Å². The molecule has 0 aliphatic rings. The third-order valence-electron chi connectivity index (χ3n) is 6.26. The molecule has 7 heteroatoms. The number of carbonyl (C=O) groups is 2. The zero-order valence-corrected chi connectivity index (χ0v) is 20.8. The fraction of sp³-hybridized carbons (Fsp3) is 0.276. The number of ether oxygens (including phenoxy) is 1. The number of aromatic nitrogens is 2. The highest BCUT2D eigenvalue weighted by molar-refractivity contribution is 5.94. The number of unbranched alkanes of at least 4 members (excludes halogenated alkanes) is 2. The Morgan fingerprint density at radius 3 is 2.39 bits per heavy atom. The maximum Gasteiger partial charge on any atom is 0.251 e. The Morgan fingerprint density at radius 1 is 0.917 bits per heavy atom. The molecule has 0 saturated carbocycles. The number of amides is 2. The number of rotatable bonds is 11. The first kappa shape index (κ1) is 25.0. The zero-order valence-electron chi connectivity index (χ0n) is 20.8. The van der Waals surface area contributed by atoms with Crippen LogP contribution in [0.2, 0.25) is 0 Å². The van der Waals surface area contributed by atoms with E-state index >= 15 is 0 Å². The maximum absolute atomic E-state index is 13.1. The van der Waals surface area contributed by atoms with Crippen molar-refractivity contribution in [1.82, 2.24) is 14.9 Å². The second-order valence-electron chi connectivity index (χ2n) is 8.69. The number of aryl methyl sites for hydroxylation is 1. The zero-order chi connectivity index (χ0) is 25.3. The van der Waals surface area contributed by atoms with Crippen LogP contribution >= 0.6 is 0 Å². The van der Waals surface area contributed by atoms with Gasteiger partial charge in [0.15, 0.2) is 0 Å². The van der Waals surface area contributed by atoms with Gasteiger partial charge in [0.05, 0.1) is 18.1 Å². The molecule has 4 aromatic rings. The summed E-state index contributed by atoms with van der Waals surface area (Å²) in [5.74, 6) is 1.56. The largest absolute Gasteiger partial charge is 0.497 e. The number of nitrogens with zero attached hydrogens (tertiary/aromatic N) is 3. The predicted octanol–water partition coefficient (Wildman–Crippen LogP) is 4.85. The van der Waals surface area contributed by atoms with Crippen LogP contribution in [0.4, 0.5) is 5.69 Å². The van der Waals surface area contributed by atoms with Crippen molar-refractivity contribution in [1.29, 1.82) is 0 Å². The summed E-state index contributed by atoms with van der Waals surface area (Å²) in [6.45, 7) is 0.848. The summed E-state index contributed by atoms with van der Waals surface area (Å²) in [6, 6.07) is 24.7. The highest BCUT2D eigenvalue weighted by atomic mass is 16.5. The standard InChI is InChI=1S/C29H32N4O3/c1-32(23-11-5-3-6-12-23)28(34)21-33-26-14-9-8-13-25(26)31-27(33)15-7-4-10-20-30-29(35)22-16-18-24(36-2)19-17-22/h3,5-6,8-9,11-14,16-19H,4,7,10,15,20-21H2,1-2H3,(H,30,35). The van der Waals surface area contributed by atoms with Crippen molar-refractivity contribution in [3.63, 3.8) is 0 Å². The first-order valence-corrected chi connectivity index (χ1v) is 12.2. The summed E-state index contributed by atoms with van der Waals surface area (Å²) < 4.78 is 7.16. The van der Waals surface area contributed by atoms with Crippen molar-refractivity contribution in [2.75, 3.05) is 25.6 Å². The molecule has 0 unspecified atom stereocenters. The van der Waals surface area contributed by atoms with Crippen molar-refractivity contribution in [3.8, 4) is 5.75 Å². The van der Waals surface area contributed by atoms with Gasteiger partial charge in [-0.25, -0.2) is 4.98 Å². The number of likely N-dealkylation sites (N-methyl/N-ethyl adjacent to an activating group) is 1. The second kappa shape index (κ2) is 12.0. The lowest BCUT2D eigenvalue weighted by Gasteiger charge is -2.18. The molecule has 3 aromatic carbocycles. The first-order chi connectivity index (χ1) is 17.6. The van der Waals surface area contributed by atoms with Gasteiger partial charge in [-0.05, 0) is 61.4 Å². The molecule has 1 heterocycles. The Hall–Kier alpha value is -4.13. The molecular formula is C29H32N4O3. The van der Waals surface area contributed by atoms with E-state index < -0.39 is 0 Å². The highest BCUT2D eigenvalue weighted by Gasteiger charge is 2.17. The van der Waals surface area contributed by atoms with E-state index in [0.29, 0.717) is 12.1 Å². The lowest BCUT2D eigenvalue weighted by molar-refractivity contribution is -0.118. The van der Waals surface area contributed by atoms with Gasteiger partial charge in [-0.2, -0.15) is 0 Å². The van der Waals surface area contributed by atoms with E-state index in [9.17, 15) is 9.59 Å². The van der Waals surface area contributed by atoms with Crippen molar-refractivity contribution >= 4 is 28.5 Å². The van der Waals surface area contributed by atoms with E-state index in [0.717, 1.165) is 54.0 Å². The molecule has 0 aliphatic heterocycles. The van der Waals surface area contributed by atoms with Crippen LogP contribution in [0.3, 0.4) is 0 Å². The summed E-state index contributed by atoms with van der Waals surface area (Å²) in [5.41, 5.74) is 3.35. The van der Waals surface area contributed by atoms with E-state index in [-0.39, 0.29) is 18.4 Å². The van der Waals surface area contributed by atoms with Gasteiger partial charge in [0.25, 0.3) is 5.91 Å².